The third-order valence-electron chi connectivity index (χ3n) is 14.8. The van der Waals surface area contributed by atoms with Crippen LogP contribution in [-0.4, -0.2) is 0 Å². The zero-order chi connectivity index (χ0) is 45.8. The van der Waals surface area contributed by atoms with E-state index in [1.165, 1.54) is 89.0 Å². The van der Waals surface area contributed by atoms with Gasteiger partial charge in [0.25, 0.3) is 0 Å². The molecule has 0 heterocycles. The molecule has 0 amide bonds. The third-order valence-corrected chi connectivity index (χ3v) is 14.8. The molecule has 324 valence electrons. The summed E-state index contributed by atoms with van der Waals surface area (Å²) in [5.41, 5.74) is 22.3. The van der Waals surface area contributed by atoms with Gasteiger partial charge in [-0.15, -0.1) is 0 Å². The van der Waals surface area contributed by atoms with Crippen molar-refractivity contribution >= 4 is 17.1 Å². The molecule has 69 heavy (non-hydrogen) atoms. The molecule has 0 aliphatic heterocycles. The summed E-state index contributed by atoms with van der Waals surface area (Å²) in [6.45, 7) is 0. The van der Waals surface area contributed by atoms with E-state index in [2.05, 4.69) is 290 Å². The Kier molecular flexibility index (Phi) is 9.70. The van der Waals surface area contributed by atoms with Crippen LogP contribution in [0.2, 0.25) is 0 Å². The summed E-state index contributed by atoms with van der Waals surface area (Å²) >= 11 is 0. The fourth-order valence-electron chi connectivity index (χ4n) is 12.1. The van der Waals surface area contributed by atoms with E-state index < -0.39 is 10.8 Å². The van der Waals surface area contributed by atoms with Gasteiger partial charge in [0.1, 0.15) is 0 Å². The number of anilines is 3. The molecule has 0 unspecified atom stereocenters. The van der Waals surface area contributed by atoms with Crippen molar-refractivity contribution in [2.24, 2.45) is 0 Å². The first-order valence-corrected chi connectivity index (χ1v) is 24.0. The minimum Gasteiger partial charge on any atom is -0.310 e. The molecule has 0 N–H and O–H groups in total. The van der Waals surface area contributed by atoms with Crippen LogP contribution in [0.15, 0.2) is 285 Å². The van der Waals surface area contributed by atoms with Crippen molar-refractivity contribution in [2.75, 3.05) is 4.90 Å². The van der Waals surface area contributed by atoms with E-state index in [-0.39, 0.29) is 0 Å². The standard InChI is InChI=1S/C68H47N/c1-6-26-50(27-7-1)67(51-28-8-2-9-29-51)63-44-18-16-38-59(63)61-42-22-40-57(65(61)67)48-24-20-36-55(46-48)69(54-34-14-5-15-35-54)56-37-21-25-49(47-56)58-41-23-43-62-60-39-17-19-45-64(60)68(66(58)62,52-30-10-3-11-31-52)53-32-12-4-13-33-53/h1-47H. The Bertz CT molecular complexity index is 3350. The Hall–Kier alpha value is -8.78. The van der Waals surface area contributed by atoms with Crippen molar-refractivity contribution in [1.82, 2.24) is 0 Å². The molecule has 11 aromatic rings. The van der Waals surface area contributed by atoms with E-state index in [9.17, 15) is 0 Å². The van der Waals surface area contributed by atoms with Crippen molar-refractivity contribution in [3.63, 3.8) is 0 Å². The molecule has 0 radical (unpaired) electrons. The highest BCUT2D eigenvalue weighted by molar-refractivity contribution is 5.95. The monoisotopic (exact) mass is 877 g/mol. The van der Waals surface area contributed by atoms with Crippen LogP contribution in [0.5, 0.6) is 0 Å². The maximum Gasteiger partial charge on any atom is 0.0719 e. The number of nitrogens with zero attached hydrogens (tertiary/aromatic N) is 1. The van der Waals surface area contributed by atoms with Gasteiger partial charge in [-0.3, -0.25) is 0 Å². The lowest BCUT2D eigenvalue weighted by atomic mass is 9.66. The lowest BCUT2D eigenvalue weighted by Crippen LogP contribution is -2.29. The average molecular weight is 878 g/mol. The zero-order valence-corrected chi connectivity index (χ0v) is 38.1. The summed E-state index contributed by atoms with van der Waals surface area (Å²) in [6.07, 6.45) is 0. The van der Waals surface area contributed by atoms with E-state index in [0.717, 1.165) is 17.1 Å². The first-order valence-electron chi connectivity index (χ1n) is 24.0. The van der Waals surface area contributed by atoms with Crippen LogP contribution >= 0.6 is 0 Å². The minimum atomic E-state index is -0.529. The van der Waals surface area contributed by atoms with Gasteiger partial charge in [0.2, 0.25) is 0 Å². The molecule has 0 bridgehead atoms. The first-order chi connectivity index (χ1) is 34.3. The van der Waals surface area contributed by atoms with Crippen molar-refractivity contribution in [3.8, 4) is 44.5 Å². The third kappa shape index (κ3) is 6.17. The van der Waals surface area contributed by atoms with Crippen LogP contribution in [-0.2, 0) is 10.8 Å². The molecule has 2 aliphatic carbocycles. The molecule has 0 atom stereocenters. The first kappa shape index (κ1) is 40.5. The van der Waals surface area contributed by atoms with Crippen LogP contribution in [0.25, 0.3) is 44.5 Å². The minimum absolute atomic E-state index is 0.529. The summed E-state index contributed by atoms with van der Waals surface area (Å²) in [4.78, 5) is 2.42. The molecular weight excluding hydrogens is 831 g/mol. The zero-order valence-electron chi connectivity index (χ0n) is 38.1. The fraction of sp³-hybridized carbons (Fsp3) is 0.0294. The predicted molar refractivity (Wildman–Crippen MR) is 287 cm³/mol. The van der Waals surface area contributed by atoms with Crippen molar-refractivity contribution in [1.29, 1.82) is 0 Å². The predicted octanol–water partition coefficient (Wildman–Crippen LogP) is 17.2. The topological polar surface area (TPSA) is 3.24 Å². The number of benzene rings is 11. The van der Waals surface area contributed by atoms with E-state index in [4.69, 9.17) is 0 Å². The molecule has 0 aromatic heterocycles. The Morgan fingerprint density at radius 3 is 0.899 bits per heavy atom. The Morgan fingerprint density at radius 2 is 0.507 bits per heavy atom. The van der Waals surface area contributed by atoms with E-state index >= 15 is 0 Å². The number of hydrogen-bond donors (Lipinski definition) is 0. The average Bonchev–Trinajstić information content (AvgIpc) is 3.92. The van der Waals surface area contributed by atoms with Gasteiger partial charge in [-0.1, -0.05) is 249 Å². The highest BCUT2D eigenvalue weighted by Gasteiger charge is 2.49. The van der Waals surface area contributed by atoms with Gasteiger partial charge in [0, 0.05) is 17.1 Å². The van der Waals surface area contributed by atoms with E-state index in [0.29, 0.717) is 0 Å². The highest BCUT2D eigenvalue weighted by atomic mass is 15.1. The smallest absolute Gasteiger partial charge is 0.0719 e. The molecule has 0 spiro atoms. The molecule has 0 fully saturated rings. The van der Waals surface area contributed by atoms with Crippen LogP contribution in [0.3, 0.4) is 0 Å². The second-order valence-electron chi connectivity index (χ2n) is 18.3. The summed E-state index contributed by atoms with van der Waals surface area (Å²) in [5.74, 6) is 0. The van der Waals surface area contributed by atoms with Crippen LogP contribution in [0, 0.1) is 0 Å². The van der Waals surface area contributed by atoms with Gasteiger partial charge in [0.15, 0.2) is 0 Å². The fourth-order valence-corrected chi connectivity index (χ4v) is 12.1. The molecule has 2 aliphatic rings. The Labute approximate surface area is 404 Å². The molecular formula is C68H47N. The number of hydrogen-bond acceptors (Lipinski definition) is 1. The normalized spacial score (nSPS) is 13.4. The van der Waals surface area contributed by atoms with Crippen LogP contribution in [0.4, 0.5) is 17.1 Å². The molecule has 1 nitrogen and oxygen atoms in total. The quantitative estimate of drug-likeness (QED) is 0.140. The number of para-hydroxylation sites is 1. The Morgan fingerprint density at radius 1 is 0.217 bits per heavy atom. The van der Waals surface area contributed by atoms with Gasteiger partial charge in [-0.05, 0) is 125 Å². The summed E-state index contributed by atoms with van der Waals surface area (Å²) in [7, 11) is 0. The maximum atomic E-state index is 2.42. The number of fused-ring (bicyclic) bond motifs is 6. The van der Waals surface area contributed by atoms with Crippen LogP contribution in [0.1, 0.15) is 44.5 Å². The van der Waals surface area contributed by atoms with Gasteiger partial charge in [-0.2, -0.15) is 0 Å². The molecule has 11 aromatic carbocycles. The SMILES string of the molecule is c1ccc(N(c2cccc(-c3cccc4c3C(c3ccccc3)(c3ccccc3)c3ccccc3-4)c2)c2cccc(-c3cccc4c3C(c3ccccc3)(c3ccccc3)c3ccccc3-4)c2)cc1. The van der Waals surface area contributed by atoms with Crippen molar-refractivity contribution in [2.45, 2.75) is 10.8 Å². The maximum absolute atomic E-state index is 2.42. The van der Waals surface area contributed by atoms with Gasteiger partial charge in [0.05, 0.1) is 10.8 Å². The molecule has 0 saturated heterocycles. The largest absolute Gasteiger partial charge is 0.310 e. The summed E-state index contributed by atoms with van der Waals surface area (Å²) < 4.78 is 0. The van der Waals surface area contributed by atoms with E-state index in [1.807, 2.05) is 0 Å². The lowest BCUT2D eigenvalue weighted by Gasteiger charge is -2.35. The van der Waals surface area contributed by atoms with E-state index in [1.54, 1.807) is 0 Å². The van der Waals surface area contributed by atoms with Gasteiger partial charge >= 0.3 is 0 Å². The Balaban J connectivity index is 1.01. The summed E-state index contributed by atoms with van der Waals surface area (Å²) in [6, 6.07) is 105. The lowest BCUT2D eigenvalue weighted by molar-refractivity contribution is 0.770. The van der Waals surface area contributed by atoms with Gasteiger partial charge < -0.3 is 4.90 Å². The molecule has 1 heteroatoms. The second-order valence-corrected chi connectivity index (χ2v) is 18.3. The van der Waals surface area contributed by atoms with Gasteiger partial charge in [-0.25, -0.2) is 0 Å². The van der Waals surface area contributed by atoms with Crippen molar-refractivity contribution < 1.29 is 0 Å². The number of rotatable bonds is 9. The molecule has 0 saturated carbocycles. The van der Waals surface area contributed by atoms with Crippen molar-refractivity contribution in [3.05, 3.63) is 330 Å². The molecule has 13 rings (SSSR count). The summed E-state index contributed by atoms with van der Waals surface area (Å²) in [5, 5.41) is 0. The highest BCUT2D eigenvalue weighted by Crippen LogP contribution is 2.60. The second kappa shape index (κ2) is 16.5. The van der Waals surface area contributed by atoms with Crippen LogP contribution < -0.4 is 4.90 Å².